The van der Waals surface area contributed by atoms with Crippen LogP contribution in [-0.2, 0) is 13.1 Å². The van der Waals surface area contributed by atoms with Crippen molar-refractivity contribution in [1.82, 2.24) is 10.6 Å². The van der Waals surface area contributed by atoms with Crippen LogP contribution >= 0.6 is 35.3 Å². The van der Waals surface area contributed by atoms with Gasteiger partial charge in [-0.25, -0.2) is 0 Å². The van der Waals surface area contributed by atoms with E-state index in [1.54, 1.807) is 25.5 Å². The third kappa shape index (κ3) is 6.27. The summed E-state index contributed by atoms with van der Waals surface area (Å²) in [5, 5.41) is 10.9. The Morgan fingerprint density at radius 3 is 2.63 bits per heavy atom. The quantitative estimate of drug-likeness (QED) is 0.332. The molecule has 27 heavy (non-hydrogen) atoms. The largest absolute Gasteiger partial charge is 0.493 e. The van der Waals surface area contributed by atoms with Gasteiger partial charge < -0.3 is 20.1 Å². The van der Waals surface area contributed by atoms with Crippen LogP contribution in [0.1, 0.15) is 36.8 Å². The van der Waals surface area contributed by atoms with Gasteiger partial charge in [0.2, 0.25) is 0 Å². The first-order valence-electron chi connectivity index (χ1n) is 9.08. The van der Waals surface area contributed by atoms with Gasteiger partial charge in [-0.05, 0) is 54.1 Å². The van der Waals surface area contributed by atoms with Crippen LogP contribution in [0.2, 0.25) is 0 Å². The maximum atomic E-state index is 6.29. The van der Waals surface area contributed by atoms with Gasteiger partial charge in [0.1, 0.15) is 0 Å². The SMILES string of the molecule is CN=C(NCc1ccsc1)NCc1cccc(OC)c1OC1CCCC1.I. The summed E-state index contributed by atoms with van der Waals surface area (Å²) in [6.07, 6.45) is 5.02. The first-order chi connectivity index (χ1) is 12.8. The minimum Gasteiger partial charge on any atom is -0.493 e. The molecule has 0 saturated heterocycles. The fraction of sp³-hybridized carbons (Fsp3) is 0.450. The number of guanidine groups is 1. The Kier molecular flexibility index (Phi) is 9.20. The van der Waals surface area contributed by atoms with Crippen molar-refractivity contribution in [3.05, 3.63) is 46.2 Å². The second kappa shape index (κ2) is 11.4. The van der Waals surface area contributed by atoms with Crippen LogP contribution in [0.15, 0.2) is 40.0 Å². The molecular formula is C20H28IN3O2S. The van der Waals surface area contributed by atoms with Crippen LogP contribution < -0.4 is 20.1 Å². The standard InChI is InChI=1S/C20H27N3O2S.HI/c1-21-20(22-12-15-10-11-26-14-15)23-13-16-6-5-9-18(24-2)19(16)25-17-7-3-4-8-17;/h5-6,9-11,14,17H,3-4,7-8,12-13H2,1-2H3,(H2,21,22,23);1H. The van der Waals surface area contributed by atoms with Crippen molar-refractivity contribution in [2.75, 3.05) is 14.2 Å². The number of hydrogen-bond donors (Lipinski definition) is 2. The fourth-order valence-electron chi connectivity index (χ4n) is 3.15. The minimum atomic E-state index is 0. The number of methoxy groups -OCH3 is 1. The highest BCUT2D eigenvalue weighted by Gasteiger charge is 2.20. The van der Waals surface area contributed by atoms with Crippen LogP contribution in [0.5, 0.6) is 11.5 Å². The second-order valence-electron chi connectivity index (χ2n) is 6.38. The molecule has 0 spiro atoms. The molecule has 1 aromatic heterocycles. The van der Waals surface area contributed by atoms with Gasteiger partial charge in [0, 0.05) is 25.7 Å². The molecule has 148 valence electrons. The number of rotatable bonds is 7. The van der Waals surface area contributed by atoms with Crippen molar-refractivity contribution in [3.63, 3.8) is 0 Å². The van der Waals surface area contributed by atoms with Gasteiger partial charge in [0.25, 0.3) is 0 Å². The van der Waals surface area contributed by atoms with Crippen LogP contribution in [-0.4, -0.2) is 26.2 Å². The summed E-state index contributed by atoms with van der Waals surface area (Å²) in [4.78, 5) is 4.30. The molecule has 2 aromatic rings. The number of ether oxygens (including phenoxy) is 2. The Balaban J connectivity index is 0.00000261. The van der Waals surface area contributed by atoms with Crippen molar-refractivity contribution >= 4 is 41.3 Å². The summed E-state index contributed by atoms with van der Waals surface area (Å²) in [6, 6.07) is 8.14. The molecule has 0 amide bonds. The smallest absolute Gasteiger partial charge is 0.191 e. The number of benzene rings is 1. The van der Waals surface area contributed by atoms with Crippen LogP contribution in [0, 0.1) is 0 Å². The lowest BCUT2D eigenvalue weighted by molar-refractivity contribution is 0.198. The average molecular weight is 501 g/mol. The van der Waals surface area contributed by atoms with Gasteiger partial charge in [0.15, 0.2) is 17.5 Å². The Labute approximate surface area is 182 Å². The van der Waals surface area contributed by atoms with E-state index in [1.165, 1.54) is 18.4 Å². The number of aliphatic imine (C=N–C) groups is 1. The zero-order chi connectivity index (χ0) is 18.2. The lowest BCUT2D eigenvalue weighted by Gasteiger charge is -2.20. The van der Waals surface area contributed by atoms with E-state index in [0.717, 1.165) is 42.4 Å². The Morgan fingerprint density at radius 2 is 1.96 bits per heavy atom. The van der Waals surface area contributed by atoms with E-state index < -0.39 is 0 Å². The van der Waals surface area contributed by atoms with Crippen LogP contribution in [0.4, 0.5) is 0 Å². The zero-order valence-corrected chi connectivity index (χ0v) is 19.0. The third-order valence-corrected chi connectivity index (χ3v) is 5.31. The summed E-state index contributed by atoms with van der Waals surface area (Å²) in [5.74, 6) is 2.41. The molecule has 1 aliphatic rings. The van der Waals surface area contributed by atoms with Crippen molar-refractivity contribution in [2.45, 2.75) is 44.9 Å². The van der Waals surface area contributed by atoms with E-state index in [9.17, 15) is 0 Å². The van der Waals surface area contributed by atoms with E-state index in [2.05, 4.69) is 38.5 Å². The van der Waals surface area contributed by atoms with Crippen molar-refractivity contribution in [3.8, 4) is 11.5 Å². The van der Waals surface area contributed by atoms with E-state index in [1.807, 2.05) is 12.1 Å². The first-order valence-corrected chi connectivity index (χ1v) is 10.0. The van der Waals surface area contributed by atoms with E-state index in [4.69, 9.17) is 9.47 Å². The topological polar surface area (TPSA) is 54.9 Å². The van der Waals surface area contributed by atoms with Crippen LogP contribution in [0.25, 0.3) is 0 Å². The summed E-state index contributed by atoms with van der Waals surface area (Å²) in [6.45, 7) is 1.38. The molecule has 0 bridgehead atoms. The highest BCUT2D eigenvalue weighted by molar-refractivity contribution is 14.0. The first kappa shape index (κ1) is 21.8. The van der Waals surface area contributed by atoms with Crippen molar-refractivity contribution in [1.29, 1.82) is 0 Å². The van der Waals surface area contributed by atoms with Gasteiger partial charge >= 0.3 is 0 Å². The van der Waals surface area contributed by atoms with Gasteiger partial charge in [-0.15, -0.1) is 24.0 Å². The Hall–Kier alpha value is -1.48. The van der Waals surface area contributed by atoms with E-state index in [0.29, 0.717) is 12.6 Å². The lowest BCUT2D eigenvalue weighted by atomic mass is 10.1. The lowest BCUT2D eigenvalue weighted by Crippen LogP contribution is -2.36. The molecule has 7 heteroatoms. The molecule has 2 N–H and O–H groups in total. The number of nitrogens with zero attached hydrogens (tertiary/aromatic N) is 1. The number of halogens is 1. The zero-order valence-electron chi connectivity index (χ0n) is 15.9. The number of para-hydroxylation sites is 1. The molecule has 0 radical (unpaired) electrons. The summed E-state index contributed by atoms with van der Waals surface area (Å²) in [5.41, 5.74) is 2.33. The van der Waals surface area contributed by atoms with Crippen molar-refractivity contribution in [2.24, 2.45) is 4.99 Å². The number of hydrogen-bond acceptors (Lipinski definition) is 4. The predicted molar refractivity (Wildman–Crippen MR) is 123 cm³/mol. The molecule has 1 saturated carbocycles. The molecule has 3 rings (SSSR count). The molecule has 1 aromatic carbocycles. The molecule has 0 aliphatic heterocycles. The number of nitrogens with one attached hydrogen (secondary N) is 2. The van der Waals surface area contributed by atoms with E-state index in [-0.39, 0.29) is 24.0 Å². The molecular weight excluding hydrogens is 473 g/mol. The molecule has 1 aliphatic carbocycles. The normalized spacial score (nSPS) is 14.5. The summed E-state index contributed by atoms with van der Waals surface area (Å²) in [7, 11) is 3.47. The Bertz CT molecular complexity index is 716. The molecule has 1 fully saturated rings. The van der Waals surface area contributed by atoms with Crippen LogP contribution in [0.3, 0.4) is 0 Å². The monoisotopic (exact) mass is 501 g/mol. The number of thiophene rings is 1. The summed E-state index contributed by atoms with van der Waals surface area (Å²) >= 11 is 1.70. The second-order valence-corrected chi connectivity index (χ2v) is 7.16. The van der Waals surface area contributed by atoms with Gasteiger partial charge in [-0.1, -0.05) is 12.1 Å². The van der Waals surface area contributed by atoms with Gasteiger partial charge in [-0.2, -0.15) is 11.3 Å². The Morgan fingerprint density at radius 1 is 1.19 bits per heavy atom. The third-order valence-electron chi connectivity index (χ3n) is 4.58. The van der Waals surface area contributed by atoms with E-state index >= 15 is 0 Å². The minimum absolute atomic E-state index is 0. The van der Waals surface area contributed by atoms with Gasteiger partial charge in [-0.3, -0.25) is 4.99 Å². The molecule has 0 atom stereocenters. The molecule has 0 unspecified atom stereocenters. The molecule has 1 heterocycles. The summed E-state index contributed by atoms with van der Waals surface area (Å²) < 4.78 is 11.8. The predicted octanol–water partition coefficient (Wildman–Crippen LogP) is 4.56. The fourth-order valence-corrected chi connectivity index (χ4v) is 3.82. The van der Waals surface area contributed by atoms with Gasteiger partial charge in [0.05, 0.1) is 13.2 Å². The molecule has 5 nitrogen and oxygen atoms in total. The maximum Gasteiger partial charge on any atom is 0.191 e. The highest BCUT2D eigenvalue weighted by Crippen LogP contribution is 2.34. The van der Waals surface area contributed by atoms with Crippen molar-refractivity contribution < 1.29 is 9.47 Å². The maximum absolute atomic E-state index is 6.29. The average Bonchev–Trinajstić information content (AvgIpc) is 3.36. The highest BCUT2D eigenvalue weighted by atomic mass is 127.